The van der Waals surface area contributed by atoms with E-state index in [0.717, 1.165) is 27.7 Å². The van der Waals surface area contributed by atoms with Crippen molar-refractivity contribution in [3.05, 3.63) is 33.4 Å². The van der Waals surface area contributed by atoms with Gasteiger partial charge in [0, 0.05) is 28.2 Å². The molecule has 1 aromatic carbocycles. The number of carbonyl (C=O) groups excluding carboxylic acids is 1. The lowest BCUT2D eigenvalue weighted by atomic mass is 9.82. The Morgan fingerprint density at radius 3 is 2.44 bits per heavy atom. The lowest BCUT2D eigenvalue weighted by Gasteiger charge is -2.24. The molecule has 0 saturated carbocycles. The highest BCUT2D eigenvalue weighted by Crippen LogP contribution is 2.31. The van der Waals surface area contributed by atoms with E-state index in [1.807, 2.05) is 31.2 Å². The molecule has 152 valence electrons. The summed E-state index contributed by atoms with van der Waals surface area (Å²) in [5, 5.41) is 0. The molecule has 0 amide bonds. The van der Waals surface area contributed by atoms with E-state index in [1.54, 1.807) is 0 Å². The maximum absolute atomic E-state index is 12.5. The number of benzene rings is 1. The molecule has 3 nitrogen and oxygen atoms in total. The number of hydrogen-bond donors (Lipinski definition) is 0. The van der Waals surface area contributed by atoms with Gasteiger partial charge in [-0.25, -0.2) is 0 Å². The van der Waals surface area contributed by atoms with Crippen LogP contribution in [0.5, 0.6) is 0 Å². The lowest BCUT2D eigenvalue weighted by molar-refractivity contribution is -0.148. The second kappa shape index (κ2) is 14.0. The summed E-state index contributed by atoms with van der Waals surface area (Å²) in [6.45, 7) is 3.64. The van der Waals surface area contributed by atoms with E-state index in [-0.39, 0.29) is 37.5 Å². The molecule has 1 rings (SSSR count). The number of hydrogen-bond acceptors (Lipinski definition) is 3. The van der Waals surface area contributed by atoms with Crippen LogP contribution >= 0.6 is 22.6 Å². The second-order valence-electron chi connectivity index (χ2n) is 6.60. The summed E-state index contributed by atoms with van der Waals surface area (Å²) in [4.78, 5) is 17.0. The van der Waals surface area contributed by atoms with Gasteiger partial charge in [-0.1, -0.05) is 32.4 Å². The Hall–Kier alpha value is -1.05. The van der Waals surface area contributed by atoms with Gasteiger partial charge < -0.3 is 4.74 Å². The van der Waals surface area contributed by atoms with Gasteiger partial charge in [0.25, 0.3) is 0 Å². The van der Waals surface area contributed by atoms with Crippen LogP contribution in [0.15, 0.2) is 29.3 Å². The molecule has 0 bridgehead atoms. The van der Waals surface area contributed by atoms with Gasteiger partial charge in [0.1, 0.15) is 0 Å². The summed E-state index contributed by atoms with van der Waals surface area (Å²) in [6.07, 6.45) is 3.06. The van der Waals surface area contributed by atoms with Crippen LogP contribution in [-0.2, 0) is 9.53 Å². The van der Waals surface area contributed by atoms with Gasteiger partial charge in [0.05, 0.1) is 25.9 Å². The molecule has 1 unspecified atom stereocenters. The Bertz CT molecular complexity index is 578. The van der Waals surface area contributed by atoms with Crippen LogP contribution < -0.4 is 0 Å². The zero-order valence-electron chi connectivity index (χ0n) is 16.2. The van der Waals surface area contributed by atoms with Crippen molar-refractivity contribution < 1.29 is 18.3 Å². The Balaban J connectivity index is 2.99. The third-order valence-electron chi connectivity index (χ3n) is 4.42. The smallest absolute Gasteiger partial charge is 0.309 e. The molecule has 0 spiro atoms. The number of aliphatic imine (C=N–C) groups is 1. The molecule has 0 aromatic heterocycles. The minimum atomic E-state index is -0.496. The van der Waals surface area contributed by atoms with Gasteiger partial charge in [-0.15, -0.1) is 0 Å². The molecule has 1 aromatic rings. The molecular weight excluding hydrogens is 463 g/mol. The van der Waals surface area contributed by atoms with Crippen LogP contribution in [0.4, 0.5) is 8.78 Å². The third kappa shape index (κ3) is 9.12. The van der Waals surface area contributed by atoms with Crippen LogP contribution in [0, 0.1) is 9.49 Å². The van der Waals surface area contributed by atoms with Gasteiger partial charge in [0.2, 0.25) is 0 Å². The van der Waals surface area contributed by atoms with E-state index in [1.165, 1.54) is 0 Å². The van der Waals surface area contributed by atoms with Gasteiger partial charge in [-0.05, 0) is 59.5 Å². The van der Waals surface area contributed by atoms with Crippen LogP contribution in [-0.4, -0.2) is 38.2 Å². The first-order valence-corrected chi connectivity index (χ1v) is 10.7. The Morgan fingerprint density at radius 2 is 1.85 bits per heavy atom. The minimum Gasteiger partial charge on any atom is -0.465 e. The summed E-state index contributed by atoms with van der Waals surface area (Å²) >= 11 is 2.25. The van der Waals surface area contributed by atoms with E-state index in [0.29, 0.717) is 19.4 Å². The summed E-state index contributed by atoms with van der Waals surface area (Å²) in [5.41, 5.74) is 2.07. The first-order chi connectivity index (χ1) is 13.0. The first kappa shape index (κ1) is 24.0. The van der Waals surface area contributed by atoms with Crippen molar-refractivity contribution in [1.29, 1.82) is 0 Å². The van der Waals surface area contributed by atoms with Crippen molar-refractivity contribution in [3.8, 4) is 0 Å². The molecule has 0 heterocycles. The molecule has 0 aliphatic heterocycles. The average molecular weight is 493 g/mol. The predicted octanol–water partition coefficient (Wildman–Crippen LogP) is 5.90. The van der Waals surface area contributed by atoms with Gasteiger partial charge >= 0.3 is 5.97 Å². The van der Waals surface area contributed by atoms with Crippen molar-refractivity contribution in [3.63, 3.8) is 0 Å². The average Bonchev–Trinajstić information content (AvgIpc) is 2.66. The maximum atomic E-state index is 12.5. The van der Waals surface area contributed by atoms with Crippen molar-refractivity contribution >= 4 is 34.3 Å². The number of nitrogens with zero attached hydrogens (tertiary/aromatic N) is 1. The standard InChI is InChI=1S/C21H30F2INO2/c1-3-6-19(25-13-4-11-22)15-20(17-7-9-18(24)10-8-17)16(2)21(26)27-14-5-12-23/h7-10,16,20H,3-6,11-15H2,1-2H3/t16?,20-/m0/s1. The molecule has 0 saturated heterocycles. The molecule has 27 heavy (non-hydrogen) atoms. The fraction of sp³-hybridized carbons (Fsp3) is 0.619. The summed E-state index contributed by atoms with van der Waals surface area (Å²) < 4.78 is 31.1. The summed E-state index contributed by atoms with van der Waals surface area (Å²) in [5.74, 6) is -0.755. The summed E-state index contributed by atoms with van der Waals surface area (Å²) in [7, 11) is 0. The number of carbonyl (C=O) groups is 1. The van der Waals surface area contributed by atoms with Gasteiger partial charge in [-0.3, -0.25) is 18.6 Å². The van der Waals surface area contributed by atoms with Gasteiger partial charge in [0.15, 0.2) is 0 Å². The van der Waals surface area contributed by atoms with E-state index < -0.39 is 6.67 Å². The van der Waals surface area contributed by atoms with E-state index in [2.05, 4.69) is 34.5 Å². The van der Waals surface area contributed by atoms with Crippen LogP contribution in [0.2, 0.25) is 0 Å². The zero-order valence-corrected chi connectivity index (χ0v) is 18.4. The fourth-order valence-corrected chi connectivity index (χ4v) is 3.26. The molecule has 0 aliphatic rings. The molecule has 6 heteroatoms. The van der Waals surface area contributed by atoms with Crippen LogP contribution in [0.1, 0.15) is 57.4 Å². The highest BCUT2D eigenvalue weighted by Gasteiger charge is 2.28. The van der Waals surface area contributed by atoms with Crippen LogP contribution in [0.3, 0.4) is 0 Å². The second-order valence-corrected chi connectivity index (χ2v) is 7.85. The maximum Gasteiger partial charge on any atom is 0.309 e. The van der Waals surface area contributed by atoms with Gasteiger partial charge in [-0.2, -0.15) is 0 Å². The minimum absolute atomic E-state index is 0.0736. The number of ether oxygens (including phenoxy) is 1. The Morgan fingerprint density at radius 1 is 1.19 bits per heavy atom. The van der Waals surface area contributed by atoms with Crippen molar-refractivity contribution in [2.75, 3.05) is 26.5 Å². The van der Waals surface area contributed by atoms with Crippen molar-refractivity contribution in [1.82, 2.24) is 0 Å². The number of rotatable bonds is 13. The molecule has 0 aliphatic carbocycles. The van der Waals surface area contributed by atoms with E-state index >= 15 is 0 Å². The van der Waals surface area contributed by atoms with Crippen LogP contribution in [0.25, 0.3) is 0 Å². The SMILES string of the molecule is CCCC(C[C@H](c1ccc(I)cc1)C(C)C(=O)OCCCF)=NCCCF. The van der Waals surface area contributed by atoms with E-state index in [4.69, 9.17) is 4.74 Å². The normalized spacial score (nSPS) is 14.0. The van der Waals surface area contributed by atoms with Crippen molar-refractivity contribution in [2.24, 2.45) is 10.9 Å². The number of halogens is 3. The number of esters is 1. The molecule has 0 N–H and O–H groups in total. The first-order valence-electron chi connectivity index (χ1n) is 9.59. The molecule has 2 atom stereocenters. The molecule has 0 radical (unpaired) electrons. The largest absolute Gasteiger partial charge is 0.465 e. The Kier molecular flexibility index (Phi) is 12.5. The monoisotopic (exact) mass is 493 g/mol. The number of alkyl halides is 2. The lowest BCUT2D eigenvalue weighted by Crippen LogP contribution is -2.24. The predicted molar refractivity (Wildman–Crippen MR) is 115 cm³/mol. The van der Waals surface area contributed by atoms with Crippen molar-refractivity contribution in [2.45, 2.75) is 51.9 Å². The summed E-state index contributed by atoms with van der Waals surface area (Å²) in [6, 6.07) is 8.10. The fourth-order valence-electron chi connectivity index (χ4n) is 2.90. The van der Waals surface area contributed by atoms with E-state index in [9.17, 15) is 13.6 Å². The Labute approximate surface area is 175 Å². The quantitative estimate of drug-likeness (QED) is 0.149. The highest BCUT2D eigenvalue weighted by molar-refractivity contribution is 14.1. The highest BCUT2D eigenvalue weighted by atomic mass is 127. The molecular formula is C21H30F2INO2. The molecule has 0 fully saturated rings. The zero-order chi connectivity index (χ0) is 20.1. The third-order valence-corrected chi connectivity index (χ3v) is 5.14. The topological polar surface area (TPSA) is 38.7 Å².